The number of nitrogens with zero attached hydrogens (tertiary/aromatic N) is 3. The molecule has 4 aliphatic heterocycles. The van der Waals surface area contributed by atoms with Crippen molar-refractivity contribution in [1.29, 1.82) is 0 Å². The van der Waals surface area contributed by atoms with Gasteiger partial charge in [-0.3, -0.25) is 4.90 Å². The number of fused-ring (bicyclic) bond motifs is 4. The average Bonchev–Trinajstić information content (AvgIpc) is 3.17. The van der Waals surface area contributed by atoms with E-state index in [0.29, 0.717) is 24.1 Å². The van der Waals surface area contributed by atoms with Gasteiger partial charge >= 0.3 is 6.03 Å². The normalized spacial score (nSPS) is 24.5. The summed E-state index contributed by atoms with van der Waals surface area (Å²) in [6.07, 6.45) is 3.83. The lowest BCUT2D eigenvalue weighted by Gasteiger charge is -2.50. The molecule has 278 valence electrons. The SMILES string of the molecule is CCCCC1(CCCC)CS(=O)(=O)c2ccc(N(C)C)cc2[C@@H](c2cccc(NC(=O)Nc3cccc(C[N+]45CCN(CC4)CC5)c3)c2)[C@H]1O.[Cl-]. The van der Waals surface area contributed by atoms with E-state index in [0.717, 1.165) is 73.3 Å². The molecule has 0 saturated carbocycles. The van der Waals surface area contributed by atoms with Crippen LogP contribution in [0.15, 0.2) is 71.6 Å². The van der Waals surface area contributed by atoms with Crippen LogP contribution in [0.4, 0.5) is 21.9 Å². The van der Waals surface area contributed by atoms with Crippen molar-refractivity contribution < 1.29 is 35.2 Å². The number of halogens is 1. The van der Waals surface area contributed by atoms with Gasteiger partial charge in [-0.25, -0.2) is 13.2 Å². The number of sulfone groups is 1. The van der Waals surface area contributed by atoms with Crippen molar-refractivity contribution in [3.05, 3.63) is 83.4 Å². The highest BCUT2D eigenvalue weighted by Gasteiger charge is 2.49. The number of aliphatic hydroxyl groups is 1. The van der Waals surface area contributed by atoms with E-state index in [9.17, 15) is 18.3 Å². The molecule has 4 aliphatic rings. The molecule has 51 heavy (non-hydrogen) atoms. The van der Waals surface area contributed by atoms with E-state index < -0.39 is 27.3 Å². The molecule has 0 aromatic heterocycles. The molecule has 3 aromatic rings. The van der Waals surface area contributed by atoms with E-state index in [1.807, 2.05) is 67.5 Å². The number of benzene rings is 3. The Morgan fingerprint density at radius 2 is 1.51 bits per heavy atom. The minimum atomic E-state index is -3.71. The average molecular weight is 738 g/mol. The van der Waals surface area contributed by atoms with Crippen molar-refractivity contribution >= 4 is 32.9 Å². The van der Waals surface area contributed by atoms with Crippen molar-refractivity contribution in [3.63, 3.8) is 0 Å². The number of carbonyl (C=O) groups excluding carboxylic acids is 1. The Kier molecular flexibility index (Phi) is 12.4. The molecule has 3 fully saturated rings. The maximum Gasteiger partial charge on any atom is 0.323 e. The van der Waals surface area contributed by atoms with Crippen LogP contribution in [-0.4, -0.2) is 94.2 Å². The molecule has 2 bridgehead atoms. The molecule has 3 N–H and O–H groups in total. The molecule has 3 saturated heterocycles. The number of quaternary nitrogens is 1. The Morgan fingerprint density at radius 1 is 0.902 bits per heavy atom. The minimum Gasteiger partial charge on any atom is -1.00 e. The Hall–Kier alpha value is -3.15. The predicted molar refractivity (Wildman–Crippen MR) is 203 cm³/mol. The standard InChI is InChI=1S/C40H55N5O4S.ClH/c1-5-7-17-40(18-8-6-2)29-50(48,49)36-16-15-34(43(3)4)27-35(36)37(38(40)46)31-12-10-14-33(26-31)42-39(47)41-32-13-9-11-30(25-32)28-45-22-19-44(20-23-45)21-24-45;/h9-16,25-27,37-38,46H,5-8,17-24,28-29H2,1-4H3,(H-,41,42,47);1H/t37-,38-;/m1./s1. The van der Waals surface area contributed by atoms with Crippen LogP contribution in [0.2, 0.25) is 0 Å². The molecule has 0 radical (unpaired) electrons. The maximum absolute atomic E-state index is 14.2. The van der Waals surface area contributed by atoms with Crippen molar-refractivity contribution in [3.8, 4) is 0 Å². The Balaban J connectivity index is 0.00000504. The van der Waals surface area contributed by atoms with Gasteiger partial charge in [-0.2, -0.15) is 0 Å². The van der Waals surface area contributed by atoms with Crippen LogP contribution in [0.25, 0.3) is 0 Å². The predicted octanol–water partition coefficient (Wildman–Crippen LogP) is 3.69. The van der Waals surface area contributed by atoms with E-state index in [-0.39, 0.29) is 29.1 Å². The Morgan fingerprint density at radius 3 is 2.12 bits per heavy atom. The topological polar surface area (TPSA) is 102 Å². The summed E-state index contributed by atoms with van der Waals surface area (Å²) in [5.41, 5.74) is 4.01. The van der Waals surface area contributed by atoms with Gasteiger partial charge in [-0.05, 0) is 66.4 Å². The van der Waals surface area contributed by atoms with Gasteiger partial charge in [-0.15, -0.1) is 0 Å². The zero-order valence-corrected chi connectivity index (χ0v) is 32.3. The second-order valence-electron chi connectivity index (χ2n) is 15.3. The fourth-order valence-corrected chi connectivity index (χ4v) is 10.8. The number of rotatable bonds is 12. The molecule has 0 unspecified atom stereocenters. The van der Waals surface area contributed by atoms with Gasteiger partial charge in [0.2, 0.25) is 0 Å². The number of urea groups is 1. The lowest BCUT2D eigenvalue weighted by Crippen LogP contribution is -3.00. The number of anilines is 3. The summed E-state index contributed by atoms with van der Waals surface area (Å²) in [7, 11) is 0.158. The first-order valence-corrected chi connectivity index (χ1v) is 20.2. The van der Waals surface area contributed by atoms with Gasteiger partial charge in [-0.1, -0.05) is 63.8 Å². The number of hydrogen-bond donors (Lipinski definition) is 3. The summed E-state index contributed by atoms with van der Waals surface area (Å²) >= 11 is 0. The van der Waals surface area contributed by atoms with Gasteiger partial charge < -0.3 is 37.5 Å². The highest BCUT2D eigenvalue weighted by Crippen LogP contribution is 2.50. The summed E-state index contributed by atoms with van der Waals surface area (Å²) in [4.78, 5) is 18.2. The quantitative estimate of drug-likeness (QED) is 0.246. The van der Waals surface area contributed by atoms with Crippen molar-refractivity contribution in [1.82, 2.24) is 4.90 Å². The molecule has 2 atom stereocenters. The first kappa shape index (κ1) is 39.1. The van der Waals surface area contributed by atoms with Crippen LogP contribution in [0.1, 0.15) is 75.0 Å². The smallest absolute Gasteiger partial charge is 0.323 e. The number of piperazine rings is 3. The third-order valence-electron chi connectivity index (χ3n) is 11.5. The molecule has 0 aliphatic carbocycles. The molecule has 4 heterocycles. The number of hydrogen-bond acceptors (Lipinski definition) is 6. The Labute approximate surface area is 311 Å². The molecular formula is C40H56ClN5O4S. The highest BCUT2D eigenvalue weighted by atomic mass is 35.5. The fourth-order valence-electron chi connectivity index (χ4n) is 8.60. The van der Waals surface area contributed by atoms with Crippen LogP contribution < -0.4 is 27.9 Å². The second-order valence-corrected chi connectivity index (χ2v) is 17.2. The first-order valence-electron chi connectivity index (χ1n) is 18.5. The van der Waals surface area contributed by atoms with E-state index in [1.54, 1.807) is 6.07 Å². The van der Waals surface area contributed by atoms with Crippen LogP contribution in [0.3, 0.4) is 0 Å². The van der Waals surface area contributed by atoms with Crippen LogP contribution in [0.5, 0.6) is 0 Å². The van der Waals surface area contributed by atoms with Crippen molar-refractivity contribution in [2.45, 2.75) is 75.8 Å². The van der Waals surface area contributed by atoms with Crippen molar-refractivity contribution in [2.75, 3.05) is 74.7 Å². The highest BCUT2D eigenvalue weighted by molar-refractivity contribution is 7.91. The zero-order chi connectivity index (χ0) is 35.5. The largest absolute Gasteiger partial charge is 1.00 e. The first-order chi connectivity index (χ1) is 24.0. The fraction of sp³-hybridized carbons (Fsp3) is 0.525. The van der Waals surface area contributed by atoms with Gasteiger partial charge in [0.25, 0.3) is 0 Å². The van der Waals surface area contributed by atoms with E-state index in [4.69, 9.17) is 0 Å². The van der Waals surface area contributed by atoms with Gasteiger partial charge in [0.1, 0.15) is 6.54 Å². The van der Waals surface area contributed by atoms with E-state index in [2.05, 4.69) is 41.5 Å². The molecule has 9 nitrogen and oxygen atoms in total. The number of amides is 2. The van der Waals surface area contributed by atoms with Crippen molar-refractivity contribution in [2.24, 2.45) is 5.41 Å². The van der Waals surface area contributed by atoms with Gasteiger partial charge in [0, 0.05) is 67.7 Å². The molecule has 0 spiro atoms. The van der Waals surface area contributed by atoms with Crippen LogP contribution in [0, 0.1) is 5.41 Å². The summed E-state index contributed by atoms with van der Waals surface area (Å²) in [6.45, 7) is 12.2. The minimum absolute atomic E-state index is 0. The zero-order valence-electron chi connectivity index (χ0n) is 30.7. The summed E-state index contributed by atoms with van der Waals surface area (Å²) < 4.78 is 29.5. The van der Waals surface area contributed by atoms with Gasteiger partial charge in [0.15, 0.2) is 9.84 Å². The third kappa shape index (κ3) is 8.57. The molecule has 11 heteroatoms. The molecular weight excluding hydrogens is 682 g/mol. The second kappa shape index (κ2) is 16.3. The summed E-state index contributed by atoms with van der Waals surface area (Å²) in [6, 6.07) is 20.8. The molecule has 3 aromatic carbocycles. The van der Waals surface area contributed by atoms with E-state index >= 15 is 0 Å². The third-order valence-corrected chi connectivity index (χ3v) is 13.5. The summed E-state index contributed by atoms with van der Waals surface area (Å²) in [5.74, 6) is -0.675. The van der Waals surface area contributed by atoms with Crippen LogP contribution in [-0.2, 0) is 16.4 Å². The van der Waals surface area contributed by atoms with Gasteiger partial charge in [0.05, 0.1) is 36.4 Å². The lowest BCUT2D eigenvalue weighted by atomic mass is 9.68. The molecule has 2 amide bonds. The summed E-state index contributed by atoms with van der Waals surface area (Å²) in [5, 5.41) is 18.6. The number of aliphatic hydroxyl groups excluding tert-OH is 1. The Bertz CT molecular complexity index is 1750. The lowest BCUT2D eigenvalue weighted by molar-refractivity contribution is -0.953. The van der Waals surface area contributed by atoms with Crippen LogP contribution >= 0.6 is 0 Å². The monoisotopic (exact) mass is 737 g/mol. The number of unbranched alkanes of at least 4 members (excludes halogenated alkanes) is 2. The maximum atomic E-state index is 14.2. The number of nitrogens with one attached hydrogen (secondary N) is 2. The number of carbonyl (C=O) groups is 1. The molecule has 7 rings (SSSR count). The van der Waals surface area contributed by atoms with E-state index in [1.165, 1.54) is 25.2 Å².